The average Bonchev–Trinajstić information content (AvgIpc) is 3.20. The molecule has 4 aromatic rings. The minimum atomic E-state index is -0.360. The van der Waals surface area contributed by atoms with Crippen molar-refractivity contribution < 1.29 is 9.53 Å². The van der Waals surface area contributed by atoms with Gasteiger partial charge in [-0.05, 0) is 42.5 Å². The third-order valence-electron chi connectivity index (χ3n) is 4.53. The molecule has 0 aliphatic carbocycles. The van der Waals surface area contributed by atoms with E-state index in [-0.39, 0.29) is 6.03 Å². The third kappa shape index (κ3) is 4.12. The minimum absolute atomic E-state index is 0.360. The van der Waals surface area contributed by atoms with Gasteiger partial charge in [0.05, 0.1) is 25.2 Å². The van der Waals surface area contributed by atoms with Crippen molar-refractivity contribution >= 4 is 23.6 Å². The van der Waals surface area contributed by atoms with Crippen LogP contribution >= 0.6 is 0 Å². The number of hydrazone groups is 1. The van der Waals surface area contributed by atoms with E-state index in [1.165, 1.54) is 5.01 Å². The smallest absolute Gasteiger partial charge is 0.341 e. The summed E-state index contributed by atoms with van der Waals surface area (Å²) in [6, 6.07) is 14.5. The molecule has 150 valence electrons. The van der Waals surface area contributed by atoms with Crippen LogP contribution in [0.4, 0.5) is 10.5 Å². The van der Waals surface area contributed by atoms with Gasteiger partial charge in [-0.2, -0.15) is 5.10 Å². The van der Waals surface area contributed by atoms with Crippen LogP contribution in [0.2, 0.25) is 0 Å². The second-order valence-electron chi connectivity index (χ2n) is 6.50. The van der Waals surface area contributed by atoms with Crippen molar-refractivity contribution in [2.75, 3.05) is 19.5 Å². The van der Waals surface area contributed by atoms with Crippen LogP contribution in [0.3, 0.4) is 0 Å². The number of nitrogens with one attached hydrogen (secondary N) is 1. The first-order chi connectivity index (χ1) is 14.6. The molecule has 3 aromatic heterocycles. The first-order valence-corrected chi connectivity index (χ1v) is 9.24. The first-order valence-electron chi connectivity index (χ1n) is 9.24. The van der Waals surface area contributed by atoms with Crippen LogP contribution in [0, 0.1) is 0 Å². The van der Waals surface area contributed by atoms with Gasteiger partial charge in [-0.3, -0.25) is 9.38 Å². The number of ether oxygens (including phenoxy) is 1. The van der Waals surface area contributed by atoms with Gasteiger partial charge in [-0.15, -0.1) is 0 Å². The summed E-state index contributed by atoms with van der Waals surface area (Å²) in [7, 11) is 3.18. The Balaban J connectivity index is 1.50. The SMILES string of the molecule is COc1ccc(NC(=O)N(C)/N=C/c2cnc3ccc(-c4cccnc4)cn23)cc1. The molecule has 30 heavy (non-hydrogen) atoms. The topological polar surface area (TPSA) is 84.1 Å². The first kappa shape index (κ1) is 19.1. The highest BCUT2D eigenvalue weighted by molar-refractivity contribution is 5.90. The maximum Gasteiger partial charge on any atom is 0.341 e. The van der Waals surface area contributed by atoms with Gasteiger partial charge in [-0.25, -0.2) is 14.8 Å². The number of aromatic nitrogens is 3. The molecule has 0 saturated heterocycles. The Labute approximate surface area is 173 Å². The molecule has 0 unspecified atom stereocenters. The molecule has 4 rings (SSSR count). The number of fused-ring (bicyclic) bond motifs is 1. The molecule has 1 aromatic carbocycles. The lowest BCUT2D eigenvalue weighted by atomic mass is 10.1. The molecule has 1 N–H and O–H groups in total. The Bertz CT molecular complexity index is 1190. The van der Waals surface area contributed by atoms with Gasteiger partial charge in [0.2, 0.25) is 0 Å². The van der Waals surface area contributed by atoms with Gasteiger partial charge in [0.1, 0.15) is 11.4 Å². The Morgan fingerprint density at radius 2 is 1.97 bits per heavy atom. The Morgan fingerprint density at radius 3 is 2.70 bits per heavy atom. The van der Waals surface area contributed by atoms with Crippen molar-refractivity contribution in [2.24, 2.45) is 5.10 Å². The molecule has 3 heterocycles. The molecule has 8 nitrogen and oxygen atoms in total. The lowest BCUT2D eigenvalue weighted by Crippen LogP contribution is -2.27. The van der Waals surface area contributed by atoms with E-state index in [0.29, 0.717) is 5.69 Å². The highest BCUT2D eigenvalue weighted by atomic mass is 16.5. The maximum absolute atomic E-state index is 12.4. The molecule has 0 fully saturated rings. The molecule has 0 saturated carbocycles. The van der Waals surface area contributed by atoms with E-state index < -0.39 is 0 Å². The summed E-state index contributed by atoms with van der Waals surface area (Å²) >= 11 is 0. The van der Waals surface area contributed by atoms with E-state index in [1.807, 2.05) is 41.1 Å². The predicted octanol–water partition coefficient (Wildman–Crippen LogP) is 3.90. The van der Waals surface area contributed by atoms with E-state index in [9.17, 15) is 4.79 Å². The zero-order valence-electron chi connectivity index (χ0n) is 16.6. The van der Waals surface area contributed by atoms with Crippen molar-refractivity contribution in [2.45, 2.75) is 0 Å². The Hall–Kier alpha value is -4.20. The maximum atomic E-state index is 12.4. The van der Waals surface area contributed by atoms with E-state index >= 15 is 0 Å². The molecule has 0 aliphatic rings. The summed E-state index contributed by atoms with van der Waals surface area (Å²) in [5.41, 5.74) is 4.20. The van der Waals surface area contributed by atoms with Crippen LogP contribution in [0.1, 0.15) is 5.69 Å². The molecular formula is C22H20N6O2. The van der Waals surface area contributed by atoms with Gasteiger partial charge in [0, 0.05) is 42.5 Å². The third-order valence-corrected chi connectivity index (χ3v) is 4.53. The quantitative estimate of drug-likeness (QED) is 0.407. The lowest BCUT2D eigenvalue weighted by Gasteiger charge is -2.12. The number of urea groups is 1. The number of carbonyl (C=O) groups excluding carboxylic acids is 1. The van der Waals surface area contributed by atoms with Crippen LogP contribution in [0.15, 0.2) is 78.4 Å². The standard InChI is InChI=1S/C22H20N6O2/c1-27(22(29)26-18-6-8-20(30-2)9-7-18)25-14-19-13-24-21-10-5-17(15-28(19)21)16-4-3-11-23-12-16/h3-15H,1-2H3,(H,26,29)/b25-14+. The molecule has 8 heteroatoms. The van der Waals surface area contributed by atoms with E-state index in [1.54, 1.807) is 57.0 Å². The highest BCUT2D eigenvalue weighted by Crippen LogP contribution is 2.19. The number of imidazole rings is 1. The summed E-state index contributed by atoms with van der Waals surface area (Å²) < 4.78 is 7.03. The van der Waals surface area contributed by atoms with E-state index in [0.717, 1.165) is 28.2 Å². The predicted molar refractivity (Wildman–Crippen MR) is 116 cm³/mol. The lowest BCUT2D eigenvalue weighted by molar-refractivity contribution is 0.224. The van der Waals surface area contributed by atoms with Crippen molar-refractivity contribution in [3.05, 3.63) is 79.0 Å². The van der Waals surface area contributed by atoms with Gasteiger partial charge >= 0.3 is 6.03 Å². The number of pyridine rings is 2. The normalized spacial score (nSPS) is 11.0. The molecule has 0 radical (unpaired) electrons. The van der Waals surface area contributed by atoms with E-state index in [4.69, 9.17) is 4.74 Å². The zero-order chi connectivity index (χ0) is 20.9. The summed E-state index contributed by atoms with van der Waals surface area (Å²) in [4.78, 5) is 20.9. The zero-order valence-corrected chi connectivity index (χ0v) is 16.6. The molecule has 0 aliphatic heterocycles. The number of anilines is 1. The summed E-state index contributed by atoms with van der Waals surface area (Å²) in [6.45, 7) is 0. The number of benzene rings is 1. The van der Waals surface area contributed by atoms with E-state index in [2.05, 4.69) is 20.4 Å². The van der Waals surface area contributed by atoms with Crippen LogP contribution in [-0.2, 0) is 0 Å². The molecule has 2 amide bonds. The second-order valence-corrected chi connectivity index (χ2v) is 6.50. The number of amides is 2. The van der Waals surface area contributed by atoms with Gasteiger partial charge in [0.25, 0.3) is 0 Å². The fraction of sp³-hybridized carbons (Fsp3) is 0.0909. The number of hydrogen-bond acceptors (Lipinski definition) is 5. The van der Waals surface area contributed by atoms with Gasteiger partial charge in [-0.1, -0.05) is 6.07 Å². The Morgan fingerprint density at radius 1 is 1.13 bits per heavy atom. The number of hydrogen-bond donors (Lipinski definition) is 1. The largest absolute Gasteiger partial charge is 0.497 e. The minimum Gasteiger partial charge on any atom is -0.497 e. The van der Waals surface area contributed by atoms with Gasteiger partial charge < -0.3 is 10.1 Å². The summed E-state index contributed by atoms with van der Waals surface area (Å²) in [6.07, 6.45) is 8.83. The highest BCUT2D eigenvalue weighted by Gasteiger charge is 2.09. The fourth-order valence-corrected chi connectivity index (χ4v) is 2.88. The van der Waals surface area contributed by atoms with Crippen LogP contribution in [-0.4, -0.2) is 45.8 Å². The Kier molecular flexibility index (Phi) is 5.38. The average molecular weight is 400 g/mol. The van der Waals surface area contributed by atoms with Crippen LogP contribution < -0.4 is 10.1 Å². The molecule has 0 bridgehead atoms. The summed E-state index contributed by atoms with van der Waals surface area (Å²) in [5.74, 6) is 0.720. The van der Waals surface area contributed by atoms with Crippen LogP contribution in [0.25, 0.3) is 16.8 Å². The fourth-order valence-electron chi connectivity index (χ4n) is 2.88. The number of methoxy groups -OCH3 is 1. The summed E-state index contributed by atoms with van der Waals surface area (Å²) in [5, 5.41) is 8.26. The van der Waals surface area contributed by atoms with Gasteiger partial charge in [0.15, 0.2) is 0 Å². The monoisotopic (exact) mass is 400 g/mol. The number of nitrogens with zero attached hydrogens (tertiary/aromatic N) is 5. The molecule has 0 atom stereocenters. The van der Waals surface area contributed by atoms with Crippen molar-refractivity contribution in [3.63, 3.8) is 0 Å². The van der Waals surface area contributed by atoms with Crippen molar-refractivity contribution in [1.82, 2.24) is 19.4 Å². The molecule has 0 spiro atoms. The number of rotatable bonds is 5. The molecular weight excluding hydrogens is 380 g/mol. The van der Waals surface area contributed by atoms with Crippen LogP contribution in [0.5, 0.6) is 5.75 Å². The van der Waals surface area contributed by atoms with Crippen molar-refractivity contribution in [1.29, 1.82) is 0 Å². The number of carbonyl (C=O) groups is 1. The second kappa shape index (κ2) is 8.44. The van der Waals surface area contributed by atoms with Crippen molar-refractivity contribution in [3.8, 4) is 16.9 Å².